The van der Waals surface area contributed by atoms with Crippen LogP contribution in [0.25, 0.3) is 0 Å². The fourth-order valence-electron chi connectivity index (χ4n) is 1.52. The number of para-hydroxylation sites is 1. The zero-order valence-electron chi connectivity index (χ0n) is 10.1. The van der Waals surface area contributed by atoms with Gasteiger partial charge in [-0.1, -0.05) is 25.1 Å². The summed E-state index contributed by atoms with van der Waals surface area (Å²) in [6.07, 6.45) is 4.13. The Morgan fingerprint density at radius 2 is 2.12 bits per heavy atom. The van der Waals surface area contributed by atoms with Crippen LogP contribution in [0.3, 0.4) is 0 Å². The van der Waals surface area contributed by atoms with Crippen molar-refractivity contribution in [3.8, 4) is 5.75 Å². The largest absolute Gasteiger partial charge is 0.493 e. The van der Waals surface area contributed by atoms with Gasteiger partial charge in [-0.25, -0.2) is 0 Å². The van der Waals surface area contributed by atoms with E-state index in [9.17, 15) is 0 Å². The Labute approximate surface area is 103 Å². The van der Waals surface area contributed by atoms with Crippen LogP contribution in [-0.4, -0.2) is 18.6 Å². The lowest BCUT2D eigenvalue weighted by atomic mass is 10.0. The quantitative estimate of drug-likeness (QED) is 0.742. The van der Waals surface area contributed by atoms with Gasteiger partial charge in [-0.05, 0) is 30.9 Å². The van der Waals surface area contributed by atoms with Gasteiger partial charge in [-0.2, -0.15) is 11.8 Å². The van der Waals surface area contributed by atoms with E-state index < -0.39 is 0 Å². The Morgan fingerprint density at radius 1 is 1.38 bits per heavy atom. The summed E-state index contributed by atoms with van der Waals surface area (Å²) in [5, 5.41) is 0. The smallest absolute Gasteiger partial charge is 0.124 e. The Hall–Kier alpha value is -0.670. The van der Waals surface area contributed by atoms with E-state index >= 15 is 0 Å². The van der Waals surface area contributed by atoms with Gasteiger partial charge < -0.3 is 10.5 Å². The van der Waals surface area contributed by atoms with Crippen molar-refractivity contribution in [1.29, 1.82) is 0 Å². The molecule has 0 saturated carbocycles. The van der Waals surface area contributed by atoms with Crippen LogP contribution in [0.5, 0.6) is 5.75 Å². The molecule has 0 bridgehead atoms. The van der Waals surface area contributed by atoms with Gasteiger partial charge in [0, 0.05) is 11.6 Å². The second kappa shape index (κ2) is 7.58. The number of benzene rings is 1. The average molecular weight is 239 g/mol. The first-order valence-corrected chi connectivity index (χ1v) is 7.15. The Kier molecular flexibility index (Phi) is 6.34. The first-order valence-electron chi connectivity index (χ1n) is 5.75. The molecule has 90 valence electrons. The lowest BCUT2D eigenvalue weighted by molar-refractivity contribution is 0.313. The summed E-state index contributed by atoms with van der Waals surface area (Å²) in [7, 11) is 0. The normalized spacial score (nSPS) is 12.4. The molecular weight excluding hydrogens is 218 g/mol. The first kappa shape index (κ1) is 13.4. The van der Waals surface area contributed by atoms with Gasteiger partial charge in [0.15, 0.2) is 0 Å². The molecular formula is C13H21NOS. The van der Waals surface area contributed by atoms with E-state index in [0.717, 1.165) is 36.5 Å². The van der Waals surface area contributed by atoms with Crippen LogP contribution in [0.2, 0.25) is 0 Å². The molecule has 1 unspecified atom stereocenters. The Bertz CT molecular complexity index is 304. The van der Waals surface area contributed by atoms with E-state index in [4.69, 9.17) is 10.5 Å². The van der Waals surface area contributed by atoms with Crippen molar-refractivity contribution in [2.24, 2.45) is 5.73 Å². The van der Waals surface area contributed by atoms with Crippen molar-refractivity contribution < 1.29 is 4.74 Å². The molecule has 0 spiro atoms. The van der Waals surface area contributed by atoms with Crippen LogP contribution in [0.4, 0.5) is 0 Å². The molecule has 16 heavy (non-hydrogen) atoms. The summed E-state index contributed by atoms with van der Waals surface area (Å²) in [4.78, 5) is 0. The highest BCUT2D eigenvalue weighted by molar-refractivity contribution is 7.98. The van der Waals surface area contributed by atoms with Crippen LogP contribution in [-0.2, 0) is 0 Å². The highest BCUT2D eigenvalue weighted by Crippen LogP contribution is 2.25. The molecule has 0 amide bonds. The maximum absolute atomic E-state index is 6.04. The fraction of sp³-hybridized carbons (Fsp3) is 0.538. The molecule has 2 N–H and O–H groups in total. The molecule has 0 radical (unpaired) electrons. The van der Waals surface area contributed by atoms with Crippen LogP contribution < -0.4 is 10.5 Å². The lowest BCUT2D eigenvalue weighted by Crippen LogP contribution is -2.11. The molecule has 0 saturated heterocycles. The first-order chi connectivity index (χ1) is 7.79. The van der Waals surface area contributed by atoms with E-state index in [1.165, 1.54) is 0 Å². The number of ether oxygens (including phenoxy) is 1. The molecule has 1 atom stereocenters. The molecule has 2 nitrogen and oxygen atoms in total. The predicted molar refractivity (Wildman–Crippen MR) is 72.2 cm³/mol. The van der Waals surface area contributed by atoms with Gasteiger partial charge >= 0.3 is 0 Å². The molecule has 1 aromatic rings. The van der Waals surface area contributed by atoms with Gasteiger partial charge in [0.1, 0.15) is 5.75 Å². The molecule has 1 aromatic carbocycles. The third-order valence-electron chi connectivity index (χ3n) is 2.51. The number of nitrogens with two attached hydrogens (primary N) is 1. The van der Waals surface area contributed by atoms with E-state index in [1.54, 1.807) is 0 Å². The summed E-state index contributed by atoms with van der Waals surface area (Å²) < 4.78 is 5.77. The molecule has 0 heterocycles. The van der Waals surface area contributed by atoms with Crippen LogP contribution >= 0.6 is 11.8 Å². The van der Waals surface area contributed by atoms with Crippen molar-refractivity contribution in [2.45, 2.75) is 25.8 Å². The van der Waals surface area contributed by atoms with E-state index in [1.807, 2.05) is 30.0 Å². The number of rotatable bonds is 7. The minimum atomic E-state index is 0.0803. The summed E-state index contributed by atoms with van der Waals surface area (Å²) in [5.74, 6) is 2.08. The predicted octanol–water partition coefficient (Wildman–Crippen LogP) is 3.23. The zero-order valence-corrected chi connectivity index (χ0v) is 10.9. The molecule has 0 aromatic heterocycles. The highest BCUT2D eigenvalue weighted by atomic mass is 32.2. The standard InChI is InChI=1S/C13H21NOS/c1-3-12(14)11-7-4-5-8-13(11)15-9-6-10-16-2/h4-5,7-8,12H,3,6,9-10,14H2,1-2H3. The molecule has 0 aliphatic heterocycles. The third kappa shape index (κ3) is 4.06. The fourth-order valence-corrected chi connectivity index (χ4v) is 1.93. The van der Waals surface area contributed by atoms with Crippen LogP contribution in [0.1, 0.15) is 31.4 Å². The molecule has 1 rings (SSSR count). The zero-order chi connectivity index (χ0) is 11.8. The molecule has 3 heteroatoms. The Balaban J connectivity index is 2.57. The van der Waals surface area contributed by atoms with Crippen molar-refractivity contribution in [1.82, 2.24) is 0 Å². The van der Waals surface area contributed by atoms with Crippen LogP contribution in [0.15, 0.2) is 24.3 Å². The van der Waals surface area contributed by atoms with Gasteiger partial charge in [0.2, 0.25) is 0 Å². The summed E-state index contributed by atoms with van der Waals surface area (Å²) in [6, 6.07) is 8.15. The number of thioether (sulfide) groups is 1. The third-order valence-corrected chi connectivity index (χ3v) is 3.21. The van der Waals surface area contributed by atoms with Gasteiger partial charge in [0.25, 0.3) is 0 Å². The van der Waals surface area contributed by atoms with E-state index in [0.29, 0.717) is 0 Å². The minimum Gasteiger partial charge on any atom is -0.493 e. The van der Waals surface area contributed by atoms with E-state index in [-0.39, 0.29) is 6.04 Å². The second-order valence-electron chi connectivity index (χ2n) is 3.75. The summed E-state index contributed by atoms with van der Waals surface area (Å²) >= 11 is 1.85. The molecule has 0 fully saturated rings. The maximum atomic E-state index is 6.04. The molecule has 0 aliphatic carbocycles. The number of hydrogen-bond acceptors (Lipinski definition) is 3. The monoisotopic (exact) mass is 239 g/mol. The summed E-state index contributed by atoms with van der Waals surface area (Å²) in [5.41, 5.74) is 7.16. The van der Waals surface area contributed by atoms with Gasteiger partial charge in [-0.3, -0.25) is 0 Å². The van der Waals surface area contributed by atoms with Gasteiger partial charge in [-0.15, -0.1) is 0 Å². The maximum Gasteiger partial charge on any atom is 0.124 e. The van der Waals surface area contributed by atoms with Crippen molar-refractivity contribution in [3.63, 3.8) is 0 Å². The average Bonchev–Trinajstić information content (AvgIpc) is 2.34. The Morgan fingerprint density at radius 3 is 2.81 bits per heavy atom. The van der Waals surface area contributed by atoms with Crippen molar-refractivity contribution in [2.75, 3.05) is 18.6 Å². The topological polar surface area (TPSA) is 35.2 Å². The van der Waals surface area contributed by atoms with Crippen LogP contribution in [0, 0.1) is 0 Å². The molecule has 0 aliphatic rings. The SMILES string of the molecule is CCC(N)c1ccccc1OCCCSC. The van der Waals surface area contributed by atoms with Crippen molar-refractivity contribution >= 4 is 11.8 Å². The highest BCUT2D eigenvalue weighted by Gasteiger charge is 2.09. The van der Waals surface area contributed by atoms with Gasteiger partial charge in [0.05, 0.1) is 6.61 Å². The van der Waals surface area contributed by atoms with E-state index in [2.05, 4.69) is 19.2 Å². The number of hydrogen-bond donors (Lipinski definition) is 1. The lowest BCUT2D eigenvalue weighted by Gasteiger charge is -2.15. The second-order valence-corrected chi connectivity index (χ2v) is 4.73. The summed E-state index contributed by atoms with van der Waals surface area (Å²) in [6.45, 7) is 2.86. The van der Waals surface area contributed by atoms with Crippen molar-refractivity contribution in [3.05, 3.63) is 29.8 Å². The minimum absolute atomic E-state index is 0.0803.